The topological polar surface area (TPSA) is 75.6 Å². The lowest BCUT2D eigenvalue weighted by Crippen LogP contribution is -2.43. The van der Waals surface area contributed by atoms with Crippen molar-refractivity contribution in [2.75, 3.05) is 0 Å². The van der Waals surface area contributed by atoms with Crippen molar-refractivity contribution in [1.82, 2.24) is 5.32 Å². The molecule has 0 fully saturated rings. The minimum Gasteiger partial charge on any atom is -0.480 e. The average Bonchev–Trinajstić information content (AvgIpc) is 2.38. The fraction of sp³-hybridized carbons (Fsp3) is 0.500. The number of nitrogens with one attached hydrogen (secondary N) is 1. The zero-order chi connectivity index (χ0) is 15.8. The number of amides is 1. The average molecular weight is 293 g/mol. The first-order valence-electron chi connectivity index (χ1n) is 7.12. The number of aliphatic carboxylic acids is 1. The molecule has 0 aromatic heterocycles. The summed E-state index contributed by atoms with van der Waals surface area (Å²) in [5.74, 6) is -0.871. The van der Waals surface area contributed by atoms with E-state index in [0.29, 0.717) is 12.8 Å². The fourth-order valence-corrected chi connectivity index (χ4v) is 2.04. The van der Waals surface area contributed by atoms with Crippen molar-refractivity contribution < 1.29 is 19.4 Å². The largest absolute Gasteiger partial charge is 0.480 e. The Morgan fingerprint density at radius 2 is 1.81 bits per heavy atom. The first kappa shape index (κ1) is 17.0. The number of carboxylic acid groups (broad SMARTS) is 1. The summed E-state index contributed by atoms with van der Waals surface area (Å²) < 4.78 is 5.20. The van der Waals surface area contributed by atoms with Gasteiger partial charge in [0.05, 0.1) is 0 Å². The highest BCUT2D eigenvalue weighted by Crippen LogP contribution is 2.08. The lowest BCUT2D eigenvalue weighted by atomic mass is 10.0. The second-order valence-corrected chi connectivity index (χ2v) is 5.57. The maximum Gasteiger partial charge on any atom is 0.408 e. The van der Waals surface area contributed by atoms with Gasteiger partial charge in [-0.3, -0.25) is 0 Å². The Labute approximate surface area is 125 Å². The number of hydrogen-bond acceptors (Lipinski definition) is 3. The maximum absolute atomic E-state index is 11.7. The summed E-state index contributed by atoms with van der Waals surface area (Å²) in [6.07, 6.45) is -0.0411. The first-order chi connectivity index (χ1) is 9.88. The highest BCUT2D eigenvalue weighted by atomic mass is 16.6. The molecule has 0 bridgehead atoms. The highest BCUT2D eigenvalue weighted by molar-refractivity contribution is 5.79. The summed E-state index contributed by atoms with van der Waals surface area (Å²) in [6.45, 7) is 5.59. The van der Waals surface area contributed by atoms with Gasteiger partial charge in [0.2, 0.25) is 0 Å². The van der Waals surface area contributed by atoms with Gasteiger partial charge in [-0.05, 0) is 24.8 Å². The van der Waals surface area contributed by atoms with Gasteiger partial charge < -0.3 is 15.2 Å². The maximum atomic E-state index is 11.7. The molecule has 116 valence electrons. The molecule has 1 aromatic carbocycles. The number of carbonyl (C=O) groups excluding carboxylic acids is 1. The van der Waals surface area contributed by atoms with Gasteiger partial charge in [0, 0.05) is 6.42 Å². The quantitative estimate of drug-likeness (QED) is 0.810. The number of rotatable bonds is 7. The Kier molecular flexibility index (Phi) is 6.72. The Morgan fingerprint density at radius 3 is 2.33 bits per heavy atom. The van der Waals surface area contributed by atoms with Crippen LogP contribution in [0.5, 0.6) is 0 Å². The summed E-state index contributed by atoms with van der Waals surface area (Å²) in [4.78, 5) is 22.8. The van der Waals surface area contributed by atoms with E-state index in [-0.39, 0.29) is 12.0 Å². The first-order valence-corrected chi connectivity index (χ1v) is 7.12. The SMILES string of the molecule is CC(C)CC(NC(=O)OC(C)Cc1ccccc1)C(=O)O. The van der Waals surface area contributed by atoms with Gasteiger partial charge in [-0.25, -0.2) is 9.59 Å². The number of benzene rings is 1. The molecule has 0 saturated carbocycles. The van der Waals surface area contributed by atoms with Crippen LogP contribution in [0.3, 0.4) is 0 Å². The van der Waals surface area contributed by atoms with Crippen LogP contribution in [0.15, 0.2) is 30.3 Å². The number of carboxylic acids is 1. The third kappa shape index (κ3) is 6.79. The number of alkyl carbamates (subject to hydrolysis) is 1. The van der Waals surface area contributed by atoms with Gasteiger partial charge in [0.15, 0.2) is 0 Å². The molecular weight excluding hydrogens is 270 g/mol. The lowest BCUT2D eigenvalue weighted by molar-refractivity contribution is -0.139. The Balaban J connectivity index is 2.46. The van der Waals surface area contributed by atoms with Gasteiger partial charge in [0.1, 0.15) is 12.1 Å². The van der Waals surface area contributed by atoms with E-state index < -0.39 is 18.1 Å². The summed E-state index contributed by atoms with van der Waals surface area (Å²) in [5, 5.41) is 11.5. The molecule has 5 nitrogen and oxygen atoms in total. The number of hydrogen-bond donors (Lipinski definition) is 2. The molecule has 1 amide bonds. The molecule has 0 radical (unpaired) electrons. The van der Waals surface area contributed by atoms with Crippen LogP contribution in [0.1, 0.15) is 32.8 Å². The molecule has 0 spiro atoms. The Bertz CT molecular complexity index is 459. The van der Waals surface area contributed by atoms with Crippen molar-refractivity contribution in [2.45, 2.75) is 45.8 Å². The van der Waals surface area contributed by atoms with E-state index in [1.165, 1.54) is 0 Å². The predicted molar refractivity (Wildman–Crippen MR) is 80.1 cm³/mol. The van der Waals surface area contributed by atoms with Crippen molar-refractivity contribution in [3.05, 3.63) is 35.9 Å². The summed E-state index contributed by atoms with van der Waals surface area (Å²) >= 11 is 0. The predicted octanol–water partition coefficient (Wildman–Crippen LogP) is 2.84. The Hall–Kier alpha value is -2.04. The minimum atomic E-state index is -1.05. The van der Waals surface area contributed by atoms with Crippen molar-refractivity contribution in [2.24, 2.45) is 5.92 Å². The van der Waals surface area contributed by atoms with Crippen LogP contribution in [-0.4, -0.2) is 29.3 Å². The summed E-state index contributed by atoms with van der Waals surface area (Å²) in [7, 11) is 0. The van der Waals surface area contributed by atoms with Crippen LogP contribution in [0, 0.1) is 5.92 Å². The third-order valence-electron chi connectivity index (χ3n) is 2.97. The van der Waals surface area contributed by atoms with Crippen LogP contribution in [0.4, 0.5) is 4.79 Å². The number of ether oxygens (including phenoxy) is 1. The second kappa shape index (κ2) is 8.29. The lowest BCUT2D eigenvalue weighted by Gasteiger charge is -2.19. The van der Waals surface area contributed by atoms with Crippen LogP contribution in [0.25, 0.3) is 0 Å². The van der Waals surface area contributed by atoms with Crippen LogP contribution in [0.2, 0.25) is 0 Å². The van der Waals surface area contributed by atoms with Crippen molar-refractivity contribution in [3.63, 3.8) is 0 Å². The van der Waals surface area contributed by atoms with Gasteiger partial charge in [-0.15, -0.1) is 0 Å². The van der Waals surface area contributed by atoms with Crippen LogP contribution >= 0.6 is 0 Å². The third-order valence-corrected chi connectivity index (χ3v) is 2.97. The van der Waals surface area contributed by atoms with Gasteiger partial charge in [-0.1, -0.05) is 44.2 Å². The zero-order valence-corrected chi connectivity index (χ0v) is 12.7. The van der Waals surface area contributed by atoms with E-state index in [1.54, 1.807) is 6.92 Å². The fourth-order valence-electron chi connectivity index (χ4n) is 2.04. The van der Waals surface area contributed by atoms with E-state index in [9.17, 15) is 9.59 Å². The van der Waals surface area contributed by atoms with Gasteiger partial charge >= 0.3 is 12.1 Å². The van der Waals surface area contributed by atoms with E-state index in [2.05, 4.69) is 5.32 Å². The molecule has 2 atom stereocenters. The van der Waals surface area contributed by atoms with E-state index >= 15 is 0 Å². The summed E-state index contributed by atoms with van der Waals surface area (Å²) in [5.41, 5.74) is 1.06. The smallest absolute Gasteiger partial charge is 0.408 e. The molecule has 0 aliphatic heterocycles. The standard InChI is InChI=1S/C16H23NO4/c1-11(2)9-14(15(18)19)17-16(20)21-12(3)10-13-7-5-4-6-8-13/h4-8,11-12,14H,9-10H2,1-3H3,(H,17,20)(H,18,19). The molecule has 0 heterocycles. The molecule has 21 heavy (non-hydrogen) atoms. The van der Waals surface area contributed by atoms with Crippen molar-refractivity contribution in [1.29, 1.82) is 0 Å². The molecule has 2 N–H and O–H groups in total. The highest BCUT2D eigenvalue weighted by Gasteiger charge is 2.22. The van der Waals surface area contributed by atoms with Crippen LogP contribution < -0.4 is 5.32 Å². The summed E-state index contributed by atoms with van der Waals surface area (Å²) in [6, 6.07) is 8.76. The molecule has 1 rings (SSSR count). The van der Waals surface area contributed by atoms with E-state index in [4.69, 9.17) is 9.84 Å². The van der Waals surface area contributed by atoms with Crippen molar-refractivity contribution >= 4 is 12.1 Å². The van der Waals surface area contributed by atoms with Crippen molar-refractivity contribution in [3.8, 4) is 0 Å². The molecular formula is C16H23NO4. The second-order valence-electron chi connectivity index (χ2n) is 5.57. The van der Waals surface area contributed by atoms with E-state index in [1.807, 2.05) is 44.2 Å². The minimum absolute atomic E-state index is 0.174. The molecule has 1 aromatic rings. The number of carbonyl (C=O) groups is 2. The Morgan fingerprint density at radius 1 is 1.19 bits per heavy atom. The molecule has 0 aliphatic rings. The molecule has 5 heteroatoms. The zero-order valence-electron chi connectivity index (χ0n) is 12.7. The van der Waals surface area contributed by atoms with Gasteiger partial charge in [-0.2, -0.15) is 0 Å². The monoisotopic (exact) mass is 293 g/mol. The normalized spacial score (nSPS) is 13.5. The van der Waals surface area contributed by atoms with E-state index in [0.717, 1.165) is 5.56 Å². The molecule has 0 aliphatic carbocycles. The molecule has 2 unspecified atom stereocenters. The molecule has 0 saturated heterocycles. The van der Waals surface area contributed by atoms with Crippen LogP contribution in [-0.2, 0) is 16.0 Å². The van der Waals surface area contributed by atoms with Gasteiger partial charge in [0.25, 0.3) is 0 Å².